The van der Waals surface area contributed by atoms with Gasteiger partial charge in [0.2, 0.25) is 5.91 Å². The lowest BCUT2D eigenvalue weighted by Gasteiger charge is -2.42. The van der Waals surface area contributed by atoms with Crippen LogP contribution in [0.15, 0.2) is 27.8 Å². The Balaban J connectivity index is 1.80. The number of nitrogens with zero attached hydrogens (tertiary/aromatic N) is 2. The van der Waals surface area contributed by atoms with Crippen LogP contribution in [0.25, 0.3) is 0 Å². The highest BCUT2D eigenvalue weighted by molar-refractivity contribution is 5.86. The van der Waals surface area contributed by atoms with Gasteiger partial charge in [-0.2, -0.15) is 0 Å². The van der Waals surface area contributed by atoms with Crippen molar-refractivity contribution in [1.29, 1.82) is 0 Å². The topological polar surface area (TPSA) is 69.9 Å². The van der Waals surface area contributed by atoms with E-state index in [9.17, 15) is 4.79 Å². The van der Waals surface area contributed by atoms with Gasteiger partial charge in [-0.15, -0.1) is 0 Å². The molecular weight excluding hydrogens is 304 g/mol. The number of hydrogen-bond donors (Lipinski definition) is 2. The Bertz CT molecular complexity index is 537. The fraction of sp³-hybridized carbons (Fsp3) is 0.667. The molecule has 0 aromatic carbocycles. The third kappa shape index (κ3) is 5.28. The van der Waals surface area contributed by atoms with Crippen LogP contribution in [0.1, 0.15) is 45.3 Å². The maximum atomic E-state index is 12.0. The summed E-state index contributed by atoms with van der Waals surface area (Å²) >= 11 is 0. The van der Waals surface area contributed by atoms with E-state index in [0.29, 0.717) is 12.0 Å². The summed E-state index contributed by atoms with van der Waals surface area (Å²) in [6.07, 6.45) is 6.46. The quantitative estimate of drug-likeness (QED) is 0.619. The molecular formula is C18H30N4O2. The van der Waals surface area contributed by atoms with Crippen molar-refractivity contribution in [3.63, 3.8) is 0 Å². The first-order valence-corrected chi connectivity index (χ1v) is 8.81. The zero-order valence-electron chi connectivity index (χ0n) is 15.1. The van der Waals surface area contributed by atoms with Gasteiger partial charge in [0, 0.05) is 20.1 Å². The number of carbonyl (C=O) groups is 1. The monoisotopic (exact) mass is 334 g/mol. The van der Waals surface area contributed by atoms with Crippen molar-refractivity contribution in [2.75, 3.05) is 26.7 Å². The Morgan fingerprint density at radius 3 is 2.96 bits per heavy atom. The fourth-order valence-corrected chi connectivity index (χ4v) is 3.46. The molecule has 1 aromatic rings. The highest BCUT2D eigenvalue weighted by atomic mass is 16.3. The Hall–Kier alpha value is -1.98. The SMILES string of the molecule is CCCC1(C)CCCN(C(=NC)NCC(=O)NCc2ccco2)C1. The second-order valence-corrected chi connectivity index (χ2v) is 6.84. The summed E-state index contributed by atoms with van der Waals surface area (Å²) in [6.45, 7) is 7.20. The van der Waals surface area contributed by atoms with Crippen LogP contribution in [0.5, 0.6) is 0 Å². The second-order valence-electron chi connectivity index (χ2n) is 6.84. The van der Waals surface area contributed by atoms with Gasteiger partial charge in [-0.25, -0.2) is 0 Å². The van der Waals surface area contributed by atoms with Crippen LogP contribution in [-0.4, -0.2) is 43.4 Å². The third-order valence-electron chi connectivity index (χ3n) is 4.59. The molecule has 1 aromatic heterocycles. The number of likely N-dealkylation sites (tertiary alicyclic amines) is 1. The van der Waals surface area contributed by atoms with Gasteiger partial charge in [0.1, 0.15) is 5.76 Å². The predicted octanol–water partition coefficient (Wildman–Crippen LogP) is 2.37. The first kappa shape index (κ1) is 18.4. The molecule has 2 N–H and O–H groups in total. The van der Waals surface area contributed by atoms with Gasteiger partial charge in [0.05, 0.1) is 19.4 Å². The second kappa shape index (κ2) is 8.76. The molecule has 1 amide bonds. The summed E-state index contributed by atoms with van der Waals surface area (Å²) in [5.41, 5.74) is 0.339. The molecule has 1 aliphatic rings. The number of amides is 1. The average Bonchev–Trinajstić information content (AvgIpc) is 3.07. The maximum absolute atomic E-state index is 12.0. The van der Waals surface area contributed by atoms with Crippen LogP contribution in [-0.2, 0) is 11.3 Å². The van der Waals surface area contributed by atoms with Gasteiger partial charge < -0.3 is 20.0 Å². The predicted molar refractivity (Wildman–Crippen MR) is 95.7 cm³/mol. The Kier molecular flexibility index (Phi) is 6.70. The zero-order chi connectivity index (χ0) is 17.4. The normalized spacial score (nSPS) is 21.6. The molecule has 24 heavy (non-hydrogen) atoms. The number of carbonyl (C=O) groups excluding carboxylic acids is 1. The van der Waals surface area contributed by atoms with E-state index in [0.717, 1.165) is 24.8 Å². The third-order valence-corrected chi connectivity index (χ3v) is 4.59. The molecule has 6 heteroatoms. The van der Waals surface area contributed by atoms with E-state index in [-0.39, 0.29) is 12.5 Å². The number of rotatable bonds is 6. The number of piperidine rings is 1. The van der Waals surface area contributed by atoms with Crippen molar-refractivity contribution in [1.82, 2.24) is 15.5 Å². The van der Waals surface area contributed by atoms with E-state index in [2.05, 4.69) is 34.4 Å². The van der Waals surface area contributed by atoms with Crippen molar-refractivity contribution in [3.05, 3.63) is 24.2 Å². The van der Waals surface area contributed by atoms with Crippen LogP contribution < -0.4 is 10.6 Å². The molecule has 1 saturated heterocycles. The van der Waals surface area contributed by atoms with E-state index in [4.69, 9.17) is 4.42 Å². The lowest BCUT2D eigenvalue weighted by molar-refractivity contribution is -0.120. The van der Waals surface area contributed by atoms with Crippen LogP contribution in [0.2, 0.25) is 0 Å². The standard InChI is InChI=1S/C18H30N4O2/c1-4-8-18(2)9-6-10-22(14-18)17(19-3)21-13-16(23)20-12-15-7-5-11-24-15/h5,7,11H,4,6,8-10,12-14H2,1-3H3,(H,19,21)(H,20,23). The molecule has 0 aliphatic carbocycles. The van der Waals surface area contributed by atoms with Gasteiger partial charge in [-0.1, -0.05) is 20.3 Å². The molecule has 0 saturated carbocycles. The molecule has 2 heterocycles. The summed E-state index contributed by atoms with van der Waals surface area (Å²) in [5.74, 6) is 1.49. The van der Waals surface area contributed by atoms with E-state index in [1.165, 1.54) is 25.7 Å². The summed E-state index contributed by atoms with van der Waals surface area (Å²) in [7, 11) is 1.77. The first-order chi connectivity index (χ1) is 11.6. The lowest BCUT2D eigenvalue weighted by atomic mass is 9.78. The van der Waals surface area contributed by atoms with Gasteiger partial charge >= 0.3 is 0 Å². The van der Waals surface area contributed by atoms with Gasteiger partial charge in [-0.3, -0.25) is 9.79 Å². The number of hydrogen-bond acceptors (Lipinski definition) is 3. The lowest BCUT2D eigenvalue weighted by Crippen LogP contribution is -2.51. The molecule has 6 nitrogen and oxygen atoms in total. The summed E-state index contributed by atoms with van der Waals surface area (Å²) in [6, 6.07) is 3.65. The van der Waals surface area contributed by atoms with Gasteiger partial charge in [0.15, 0.2) is 5.96 Å². The molecule has 1 unspecified atom stereocenters. The van der Waals surface area contributed by atoms with E-state index >= 15 is 0 Å². The largest absolute Gasteiger partial charge is 0.467 e. The molecule has 134 valence electrons. The first-order valence-electron chi connectivity index (χ1n) is 8.81. The smallest absolute Gasteiger partial charge is 0.239 e. The van der Waals surface area contributed by atoms with Crippen molar-refractivity contribution < 1.29 is 9.21 Å². The van der Waals surface area contributed by atoms with E-state index < -0.39 is 0 Å². The Morgan fingerprint density at radius 2 is 2.29 bits per heavy atom. The van der Waals surface area contributed by atoms with E-state index in [1.807, 2.05) is 12.1 Å². The van der Waals surface area contributed by atoms with Crippen LogP contribution >= 0.6 is 0 Å². The van der Waals surface area contributed by atoms with Crippen LogP contribution in [0, 0.1) is 5.41 Å². The zero-order valence-corrected chi connectivity index (χ0v) is 15.1. The van der Waals surface area contributed by atoms with Gasteiger partial charge in [-0.05, 0) is 36.8 Å². The Labute approximate surface area is 144 Å². The summed E-state index contributed by atoms with van der Waals surface area (Å²) in [5, 5.41) is 6.02. The minimum atomic E-state index is -0.0686. The molecule has 0 spiro atoms. The minimum Gasteiger partial charge on any atom is -0.467 e. The van der Waals surface area contributed by atoms with Crippen LogP contribution in [0.4, 0.5) is 0 Å². The highest BCUT2D eigenvalue weighted by Crippen LogP contribution is 2.33. The van der Waals surface area contributed by atoms with E-state index in [1.54, 1.807) is 13.3 Å². The number of aliphatic imine (C=N–C) groups is 1. The minimum absolute atomic E-state index is 0.0686. The van der Waals surface area contributed by atoms with Crippen molar-refractivity contribution in [2.45, 2.75) is 46.1 Å². The highest BCUT2D eigenvalue weighted by Gasteiger charge is 2.31. The summed E-state index contributed by atoms with van der Waals surface area (Å²) in [4.78, 5) is 18.6. The fourth-order valence-electron chi connectivity index (χ4n) is 3.46. The molecule has 2 rings (SSSR count). The van der Waals surface area contributed by atoms with Crippen molar-refractivity contribution in [2.24, 2.45) is 10.4 Å². The maximum Gasteiger partial charge on any atom is 0.239 e. The Morgan fingerprint density at radius 1 is 1.46 bits per heavy atom. The van der Waals surface area contributed by atoms with Crippen LogP contribution in [0.3, 0.4) is 0 Å². The summed E-state index contributed by atoms with van der Waals surface area (Å²) < 4.78 is 5.20. The molecule has 1 fully saturated rings. The number of guanidine groups is 1. The molecule has 1 atom stereocenters. The number of nitrogens with one attached hydrogen (secondary N) is 2. The average molecular weight is 334 g/mol. The molecule has 1 aliphatic heterocycles. The van der Waals surface area contributed by atoms with Crippen molar-refractivity contribution in [3.8, 4) is 0 Å². The van der Waals surface area contributed by atoms with Gasteiger partial charge in [0.25, 0.3) is 0 Å². The molecule has 0 radical (unpaired) electrons. The number of furan rings is 1. The van der Waals surface area contributed by atoms with Crippen molar-refractivity contribution >= 4 is 11.9 Å². The molecule has 0 bridgehead atoms.